The van der Waals surface area contributed by atoms with E-state index < -0.39 is 17.9 Å². The maximum Gasteiger partial charge on any atom is 0.347 e. The minimum atomic E-state index is -0.632. The minimum Gasteiger partial charge on any atom is -0.478 e. The summed E-state index contributed by atoms with van der Waals surface area (Å²) in [7, 11) is 0. The Bertz CT molecular complexity index is 408. The van der Waals surface area contributed by atoms with Gasteiger partial charge in [0.2, 0.25) is 0 Å². The zero-order chi connectivity index (χ0) is 11.5. The van der Waals surface area contributed by atoms with Gasteiger partial charge in [0, 0.05) is 19.0 Å². The molecule has 0 radical (unpaired) electrons. The molecule has 0 bridgehead atoms. The molecule has 5 heteroatoms. The maximum atomic E-state index is 13.1. The monoisotopic (exact) mass is 225 g/mol. The van der Waals surface area contributed by atoms with Crippen LogP contribution in [-0.2, 0) is 16.1 Å². The van der Waals surface area contributed by atoms with E-state index >= 15 is 0 Å². The fourth-order valence-electron chi connectivity index (χ4n) is 1.56. The Labute approximate surface area is 92.1 Å². The molecule has 1 aromatic rings. The lowest BCUT2D eigenvalue weighted by Gasteiger charge is -2.11. The molecule has 1 heterocycles. The van der Waals surface area contributed by atoms with Crippen molar-refractivity contribution >= 4 is 5.97 Å². The molecule has 0 spiro atoms. The number of benzene rings is 1. The van der Waals surface area contributed by atoms with E-state index in [2.05, 4.69) is 0 Å². The van der Waals surface area contributed by atoms with Crippen LogP contribution in [0.3, 0.4) is 0 Å². The number of hydrogen-bond donors (Lipinski definition) is 1. The number of nitrogens with two attached hydrogens (primary N) is 1. The van der Waals surface area contributed by atoms with E-state index in [4.69, 9.17) is 15.2 Å². The molecule has 1 aliphatic rings. The first-order valence-electron chi connectivity index (χ1n) is 5.02. The Balaban J connectivity index is 2.14. The van der Waals surface area contributed by atoms with E-state index in [-0.39, 0.29) is 6.54 Å². The van der Waals surface area contributed by atoms with Crippen molar-refractivity contribution in [3.8, 4) is 5.75 Å². The average molecular weight is 225 g/mol. The maximum absolute atomic E-state index is 13.1. The fraction of sp³-hybridized carbons (Fsp3) is 0.364. The van der Waals surface area contributed by atoms with Gasteiger partial charge in [-0.05, 0) is 17.7 Å². The lowest BCUT2D eigenvalue weighted by atomic mass is 10.2. The van der Waals surface area contributed by atoms with Crippen LogP contribution in [-0.4, -0.2) is 18.7 Å². The van der Waals surface area contributed by atoms with Crippen molar-refractivity contribution in [2.24, 2.45) is 5.73 Å². The molecular formula is C11H12FNO3. The molecule has 1 fully saturated rings. The summed E-state index contributed by atoms with van der Waals surface area (Å²) in [5, 5.41) is 0. The highest BCUT2D eigenvalue weighted by Crippen LogP contribution is 2.20. The van der Waals surface area contributed by atoms with Crippen molar-refractivity contribution in [1.82, 2.24) is 0 Å². The van der Waals surface area contributed by atoms with Crippen LogP contribution >= 0.6 is 0 Å². The summed E-state index contributed by atoms with van der Waals surface area (Å²) in [5.74, 6) is -0.521. The Morgan fingerprint density at radius 3 is 2.94 bits per heavy atom. The SMILES string of the molecule is NCc1cc(F)cc(OC2CCOC2=O)c1. The second-order valence-corrected chi connectivity index (χ2v) is 3.56. The third kappa shape index (κ3) is 2.30. The van der Waals surface area contributed by atoms with E-state index in [1.807, 2.05) is 0 Å². The molecule has 86 valence electrons. The van der Waals surface area contributed by atoms with Crippen LogP contribution in [0.25, 0.3) is 0 Å². The highest BCUT2D eigenvalue weighted by molar-refractivity contribution is 5.76. The van der Waals surface area contributed by atoms with E-state index in [9.17, 15) is 9.18 Å². The van der Waals surface area contributed by atoms with Crippen LogP contribution in [0.2, 0.25) is 0 Å². The van der Waals surface area contributed by atoms with E-state index in [0.717, 1.165) is 0 Å². The van der Waals surface area contributed by atoms with Crippen molar-refractivity contribution in [3.63, 3.8) is 0 Å². The van der Waals surface area contributed by atoms with Gasteiger partial charge >= 0.3 is 5.97 Å². The quantitative estimate of drug-likeness (QED) is 0.779. The summed E-state index contributed by atoms with van der Waals surface area (Å²) >= 11 is 0. The fourth-order valence-corrected chi connectivity index (χ4v) is 1.56. The molecule has 2 N–H and O–H groups in total. The number of carbonyl (C=O) groups is 1. The normalized spacial score (nSPS) is 19.6. The molecule has 1 aromatic carbocycles. The molecule has 1 aliphatic heterocycles. The predicted molar refractivity (Wildman–Crippen MR) is 54.3 cm³/mol. The van der Waals surface area contributed by atoms with Crippen LogP contribution in [0.1, 0.15) is 12.0 Å². The van der Waals surface area contributed by atoms with Crippen molar-refractivity contribution in [2.75, 3.05) is 6.61 Å². The summed E-state index contributed by atoms with van der Waals surface area (Å²) in [4.78, 5) is 11.2. The highest BCUT2D eigenvalue weighted by Gasteiger charge is 2.28. The topological polar surface area (TPSA) is 61.6 Å². The molecule has 0 saturated carbocycles. The summed E-state index contributed by atoms with van der Waals surface area (Å²) in [6, 6.07) is 4.18. The number of ether oxygens (including phenoxy) is 2. The molecular weight excluding hydrogens is 213 g/mol. The Hall–Kier alpha value is -1.62. The Morgan fingerprint density at radius 1 is 1.50 bits per heavy atom. The number of cyclic esters (lactones) is 1. The van der Waals surface area contributed by atoms with E-state index in [1.165, 1.54) is 12.1 Å². The highest BCUT2D eigenvalue weighted by atomic mass is 19.1. The molecule has 1 unspecified atom stereocenters. The van der Waals surface area contributed by atoms with Crippen molar-refractivity contribution in [3.05, 3.63) is 29.6 Å². The van der Waals surface area contributed by atoms with Gasteiger partial charge in [-0.3, -0.25) is 0 Å². The number of rotatable bonds is 3. The molecule has 1 saturated heterocycles. The Kier molecular flexibility index (Phi) is 3.05. The minimum absolute atomic E-state index is 0.225. The number of halogens is 1. The molecule has 0 aromatic heterocycles. The summed E-state index contributed by atoms with van der Waals surface area (Å²) in [6.45, 7) is 0.575. The van der Waals surface area contributed by atoms with Crippen molar-refractivity contribution in [2.45, 2.75) is 19.1 Å². The zero-order valence-corrected chi connectivity index (χ0v) is 8.61. The van der Waals surface area contributed by atoms with Gasteiger partial charge in [0.1, 0.15) is 11.6 Å². The first-order valence-corrected chi connectivity index (χ1v) is 5.02. The number of carbonyl (C=O) groups excluding carboxylic acids is 1. The number of hydrogen-bond acceptors (Lipinski definition) is 4. The predicted octanol–water partition coefficient (Wildman–Crippen LogP) is 0.979. The summed E-state index contributed by atoms with van der Waals surface area (Å²) < 4.78 is 23.2. The van der Waals surface area contributed by atoms with Crippen LogP contribution < -0.4 is 10.5 Å². The molecule has 2 rings (SSSR count). The smallest absolute Gasteiger partial charge is 0.347 e. The van der Waals surface area contributed by atoms with Gasteiger partial charge in [-0.1, -0.05) is 0 Å². The molecule has 0 aliphatic carbocycles. The first kappa shape index (κ1) is 10.9. The standard InChI is InChI=1S/C11H12FNO3/c12-8-3-7(6-13)4-9(5-8)16-10-1-2-15-11(10)14/h3-5,10H,1-2,6,13H2. The second kappa shape index (κ2) is 4.49. The van der Waals surface area contributed by atoms with E-state index in [0.29, 0.717) is 24.3 Å². The molecule has 1 atom stereocenters. The average Bonchev–Trinajstić information content (AvgIpc) is 2.63. The van der Waals surface area contributed by atoms with Crippen LogP contribution in [0, 0.1) is 5.82 Å². The van der Waals surface area contributed by atoms with Crippen LogP contribution in [0.15, 0.2) is 18.2 Å². The van der Waals surface area contributed by atoms with Crippen LogP contribution in [0.5, 0.6) is 5.75 Å². The van der Waals surface area contributed by atoms with Crippen molar-refractivity contribution in [1.29, 1.82) is 0 Å². The largest absolute Gasteiger partial charge is 0.478 e. The van der Waals surface area contributed by atoms with Gasteiger partial charge < -0.3 is 15.2 Å². The van der Waals surface area contributed by atoms with Gasteiger partial charge in [-0.15, -0.1) is 0 Å². The third-order valence-electron chi connectivity index (χ3n) is 2.33. The third-order valence-corrected chi connectivity index (χ3v) is 2.33. The lowest BCUT2D eigenvalue weighted by Crippen LogP contribution is -2.21. The lowest BCUT2D eigenvalue weighted by molar-refractivity contribution is -0.143. The van der Waals surface area contributed by atoms with Gasteiger partial charge in [0.15, 0.2) is 6.10 Å². The van der Waals surface area contributed by atoms with Crippen molar-refractivity contribution < 1.29 is 18.7 Å². The van der Waals surface area contributed by atoms with Gasteiger partial charge in [-0.25, -0.2) is 9.18 Å². The first-order chi connectivity index (χ1) is 7.69. The van der Waals surface area contributed by atoms with E-state index in [1.54, 1.807) is 6.07 Å². The summed E-state index contributed by atoms with van der Waals surface area (Å²) in [5.41, 5.74) is 6.04. The van der Waals surface area contributed by atoms with Crippen LogP contribution in [0.4, 0.5) is 4.39 Å². The second-order valence-electron chi connectivity index (χ2n) is 3.56. The molecule has 4 nitrogen and oxygen atoms in total. The number of esters is 1. The zero-order valence-electron chi connectivity index (χ0n) is 8.61. The molecule has 0 amide bonds. The van der Waals surface area contributed by atoms with Gasteiger partial charge in [-0.2, -0.15) is 0 Å². The van der Waals surface area contributed by atoms with Gasteiger partial charge in [0.25, 0.3) is 0 Å². The molecule has 16 heavy (non-hydrogen) atoms. The Morgan fingerprint density at radius 2 is 2.31 bits per heavy atom. The summed E-state index contributed by atoms with van der Waals surface area (Å²) in [6.07, 6.45) is -0.139. The van der Waals surface area contributed by atoms with Gasteiger partial charge in [0.05, 0.1) is 6.61 Å².